The van der Waals surface area contributed by atoms with E-state index in [1.54, 1.807) is 0 Å². The van der Waals surface area contributed by atoms with E-state index in [1.807, 2.05) is 0 Å². The molecule has 0 radical (unpaired) electrons. The number of likely N-dealkylation sites (N-methyl/N-ethyl adjacent to an activating group) is 1. The Morgan fingerprint density at radius 1 is 1.23 bits per heavy atom. The summed E-state index contributed by atoms with van der Waals surface area (Å²) in [5.41, 5.74) is 0. The summed E-state index contributed by atoms with van der Waals surface area (Å²) in [6, 6.07) is 1.66. The molecule has 2 rings (SSSR count). The van der Waals surface area contributed by atoms with E-state index in [0.29, 0.717) is 0 Å². The number of nitrogens with one attached hydrogen (secondary N) is 1. The Labute approximate surface area is 81.7 Å². The van der Waals surface area contributed by atoms with Gasteiger partial charge in [-0.2, -0.15) is 0 Å². The molecule has 1 saturated heterocycles. The maximum Gasteiger partial charge on any atom is 0.0192 e. The van der Waals surface area contributed by atoms with Crippen LogP contribution >= 0.6 is 0 Å². The minimum Gasteiger partial charge on any atom is -0.316 e. The first-order valence-corrected chi connectivity index (χ1v) is 5.72. The number of hydrogen-bond acceptors (Lipinski definition) is 2. The molecular weight excluding hydrogens is 160 g/mol. The van der Waals surface area contributed by atoms with Crippen LogP contribution in [0.3, 0.4) is 0 Å². The Hall–Kier alpha value is -0.0800. The number of piperidine rings is 1. The van der Waals surface area contributed by atoms with E-state index in [1.165, 1.54) is 38.8 Å². The van der Waals surface area contributed by atoms with Crippen LogP contribution in [0.25, 0.3) is 0 Å². The predicted molar refractivity (Wildman–Crippen MR) is 55.8 cm³/mol. The van der Waals surface area contributed by atoms with Crippen LogP contribution in [0.1, 0.15) is 32.6 Å². The molecule has 2 aliphatic rings. The normalized spacial score (nSPS) is 41.5. The number of rotatable bonds is 2. The van der Waals surface area contributed by atoms with Crippen LogP contribution < -0.4 is 5.32 Å². The van der Waals surface area contributed by atoms with Crippen LogP contribution in [0.15, 0.2) is 0 Å². The number of nitrogens with zero attached hydrogens (tertiary/aromatic N) is 1. The summed E-state index contributed by atoms with van der Waals surface area (Å²) in [6.45, 7) is 5.02. The van der Waals surface area contributed by atoms with E-state index in [9.17, 15) is 0 Å². The van der Waals surface area contributed by atoms with Crippen LogP contribution in [0.4, 0.5) is 0 Å². The van der Waals surface area contributed by atoms with E-state index in [2.05, 4.69) is 24.2 Å². The molecule has 13 heavy (non-hydrogen) atoms. The topological polar surface area (TPSA) is 15.3 Å². The summed E-state index contributed by atoms with van der Waals surface area (Å²) >= 11 is 0. The molecule has 0 spiro atoms. The molecule has 1 N–H and O–H groups in total. The average molecular weight is 182 g/mol. The van der Waals surface area contributed by atoms with Crippen molar-refractivity contribution in [1.82, 2.24) is 10.2 Å². The standard InChI is InChI=1S/C11H22N2/c1-9-5-6-11(9)13-7-3-4-10(8-13)12-2/h9-12H,3-8H2,1-2H3. The second-order valence-electron chi connectivity index (χ2n) is 4.74. The molecule has 2 nitrogen and oxygen atoms in total. The molecule has 0 aromatic carbocycles. The van der Waals surface area contributed by atoms with E-state index >= 15 is 0 Å². The first-order chi connectivity index (χ1) is 6.31. The van der Waals surface area contributed by atoms with Gasteiger partial charge in [0.2, 0.25) is 0 Å². The molecule has 76 valence electrons. The van der Waals surface area contributed by atoms with Crippen molar-refractivity contribution >= 4 is 0 Å². The molecule has 2 heteroatoms. The second-order valence-corrected chi connectivity index (χ2v) is 4.74. The second kappa shape index (κ2) is 3.97. The Bertz CT molecular complexity index is 169. The molecule has 1 aliphatic carbocycles. The van der Waals surface area contributed by atoms with Gasteiger partial charge in [-0.25, -0.2) is 0 Å². The third kappa shape index (κ3) is 1.89. The van der Waals surface area contributed by atoms with Crippen molar-refractivity contribution in [2.24, 2.45) is 5.92 Å². The average Bonchev–Trinajstić information content (AvgIpc) is 2.16. The van der Waals surface area contributed by atoms with Crippen LogP contribution in [0.2, 0.25) is 0 Å². The summed E-state index contributed by atoms with van der Waals surface area (Å²) in [5, 5.41) is 3.41. The van der Waals surface area contributed by atoms with Crippen LogP contribution in [0, 0.1) is 5.92 Å². The van der Waals surface area contributed by atoms with Crippen molar-refractivity contribution in [2.75, 3.05) is 20.1 Å². The van der Waals surface area contributed by atoms with Gasteiger partial charge in [-0.15, -0.1) is 0 Å². The lowest BCUT2D eigenvalue weighted by Gasteiger charge is -2.46. The van der Waals surface area contributed by atoms with Gasteiger partial charge in [0.15, 0.2) is 0 Å². The van der Waals surface area contributed by atoms with Gasteiger partial charge >= 0.3 is 0 Å². The third-order valence-electron chi connectivity index (χ3n) is 3.90. The first-order valence-electron chi connectivity index (χ1n) is 5.72. The molecule has 3 unspecified atom stereocenters. The monoisotopic (exact) mass is 182 g/mol. The third-order valence-corrected chi connectivity index (χ3v) is 3.90. The van der Waals surface area contributed by atoms with Gasteiger partial charge < -0.3 is 5.32 Å². The Balaban J connectivity index is 1.85. The zero-order chi connectivity index (χ0) is 9.26. The highest BCUT2D eigenvalue weighted by Gasteiger charge is 2.34. The summed E-state index contributed by atoms with van der Waals surface area (Å²) in [5.74, 6) is 0.954. The van der Waals surface area contributed by atoms with E-state index in [0.717, 1.165) is 18.0 Å². The molecule has 1 heterocycles. The van der Waals surface area contributed by atoms with Crippen molar-refractivity contribution in [2.45, 2.75) is 44.7 Å². The lowest BCUT2D eigenvalue weighted by molar-refractivity contribution is 0.0454. The fraction of sp³-hybridized carbons (Fsp3) is 1.00. The molecule has 2 fully saturated rings. The van der Waals surface area contributed by atoms with Crippen molar-refractivity contribution in [3.63, 3.8) is 0 Å². The van der Waals surface area contributed by atoms with Gasteiger partial charge in [0.1, 0.15) is 0 Å². The lowest BCUT2D eigenvalue weighted by atomic mass is 9.79. The highest BCUT2D eigenvalue weighted by atomic mass is 15.2. The number of hydrogen-bond donors (Lipinski definition) is 1. The molecule has 1 aliphatic heterocycles. The molecule has 0 aromatic rings. The van der Waals surface area contributed by atoms with Gasteiger partial charge in [-0.1, -0.05) is 6.92 Å². The highest BCUT2D eigenvalue weighted by Crippen LogP contribution is 2.32. The Morgan fingerprint density at radius 3 is 2.62 bits per heavy atom. The van der Waals surface area contributed by atoms with E-state index < -0.39 is 0 Å². The molecule has 0 aromatic heterocycles. The minimum absolute atomic E-state index is 0.751. The van der Waals surface area contributed by atoms with Gasteiger partial charge in [0, 0.05) is 18.6 Å². The molecule has 0 amide bonds. The van der Waals surface area contributed by atoms with Gasteiger partial charge in [0.05, 0.1) is 0 Å². The smallest absolute Gasteiger partial charge is 0.0192 e. The summed E-state index contributed by atoms with van der Waals surface area (Å²) in [6.07, 6.45) is 5.64. The minimum atomic E-state index is 0.751. The Kier molecular flexibility index (Phi) is 2.89. The first kappa shape index (κ1) is 9.47. The lowest BCUT2D eigenvalue weighted by Crippen LogP contribution is -2.53. The fourth-order valence-electron chi connectivity index (χ4n) is 2.73. The predicted octanol–water partition coefficient (Wildman–Crippen LogP) is 1.47. The zero-order valence-electron chi connectivity index (χ0n) is 8.92. The molecule has 1 saturated carbocycles. The Morgan fingerprint density at radius 2 is 2.08 bits per heavy atom. The highest BCUT2D eigenvalue weighted by molar-refractivity contribution is 4.90. The van der Waals surface area contributed by atoms with Crippen molar-refractivity contribution < 1.29 is 0 Å². The number of likely N-dealkylation sites (tertiary alicyclic amines) is 1. The maximum atomic E-state index is 3.41. The summed E-state index contributed by atoms with van der Waals surface area (Å²) in [7, 11) is 2.10. The zero-order valence-corrected chi connectivity index (χ0v) is 8.92. The van der Waals surface area contributed by atoms with Crippen LogP contribution in [-0.2, 0) is 0 Å². The maximum absolute atomic E-state index is 3.41. The fourth-order valence-corrected chi connectivity index (χ4v) is 2.73. The van der Waals surface area contributed by atoms with Gasteiger partial charge in [0.25, 0.3) is 0 Å². The van der Waals surface area contributed by atoms with Gasteiger partial charge in [-0.05, 0) is 45.2 Å². The van der Waals surface area contributed by atoms with Crippen molar-refractivity contribution in [1.29, 1.82) is 0 Å². The largest absolute Gasteiger partial charge is 0.316 e. The van der Waals surface area contributed by atoms with E-state index in [4.69, 9.17) is 0 Å². The van der Waals surface area contributed by atoms with Crippen molar-refractivity contribution in [3.8, 4) is 0 Å². The molecule has 3 atom stereocenters. The molecule has 0 bridgehead atoms. The summed E-state index contributed by atoms with van der Waals surface area (Å²) in [4.78, 5) is 2.71. The molecular formula is C11H22N2. The van der Waals surface area contributed by atoms with Crippen LogP contribution in [-0.4, -0.2) is 37.1 Å². The summed E-state index contributed by atoms with van der Waals surface area (Å²) < 4.78 is 0. The SMILES string of the molecule is CNC1CCCN(C2CCC2C)C1. The van der Waals surface area contributed by atoms with Gasteiger partial charge in [-0.3, -0.25) is 4.90 Å². The quantitative estimate of drug-likeness (QED) is 0.695. The van der Waals surface area contributed by atoms with E-state index in [-0.39, 0.29) is 0 Å². The van der Waals surface area contributed by atoms with Crippen molar-refractivity contribution in [3.05, 3.63) is 0 Å². The van der Waals surface area contributed by atoms with Crippen LogP contribution in [0.5, 0.6) is 0 Å².